The van der Waals surface area contributed by atoms with E-state index in [-0.39, 0.29) is 18.1 Å². The van der Waals surface area contributed by atoms with Crippen LogP contribution in [0.2, 0.25) is 0 Å². The zero-order valence-electron chi connectivity index (χ0n) is 11.7. The van der Waals surface area contributed by atoms with Crippen LogP contribution in [0.1, 0.15) is 6.42 Å². The molecule has 0 unspecified atom stereocenters. The molecular formula is C12H19N5O4. The van der Waals surface area contributed by atoms with Crippen molar-refractivity contribution in [3.05, 3.63) is 22.5 Å². The number of nitrogens with zero attached hydrogens (tertiary/aromatic N) is 4. The van der Waals surface area contributed by atoms with E-state index in [1.165, 1.54) is 10.9 Å². The van der Waals surface area contributed by atoms with Crippen LogP contribution < -0.4 is 5.32 Å². The lowest BCUT2D eigenvalue weighted by Gasteiger charge is -2.26. The molecule has 116 valence electrons. The molecule has 1 aromatic heterocycles. The monoisotopic (exact) mass is 297 g/mol. The summed E-state index contributed by atoms with van der Waals surface area (Å²) in [5, 5.41) is 17.1. The summed E-state index contributed by atoms with van der Waals surface area (Å²) in [7, 11) is 0. The Kier molecular flexibility index (Phi) is 5.64. The Balaban J connectivity index is 1.61. The molecule has 0 aromatic carbocycles. The summed E-state index contributed by atoms with van der Waals surface area (Å²) in [6, 6.07) is 0. The average Bonchev–Trinajstić information content (AvgIpc) is 2.93. The summed E-state index contributed by atoms with van der Waals surface area (Å²) in [4.78, 5) is 23.9. The standard InChI is InChI=1S/C12H19N5O4/c18-12(10-16-9-11(8-14-16)17(19)20)13-2-1-3-15-4-6-21-7-5-15/h8-9H,1-7,10H2,(H,13,18). The molecule has 21 heavy (non-hydrogen) atoms. The number of ether oxygens (including phenoxy) is 1. The smallest absolute Gasteiger partial charge is 0.307 e. The second-order valence-corrected chi connectivity index (χ2v) is 4.81. The first-order chi connectivity index (χ1) is 10.1. The van der Waals surface area contributed by atoms with Crippen molar-refractivity contribution in [2.75, 3.05) is 39.4 Å². The van der Waals surface area contributed by atoms with Crippen molar-refractivity contribution in [1.29, 1.82) is 0 Å². The summed E-state index contributed by atoms with van der Waals surface area (Å²) < 4.78 is 6.52. The van der Waals surface area contributed by atoms with E-state index in [9.17, 15) is 14.9 Å². The number of carbonyl (C=O) groups is 1. The lowest BCUT2D eigenvalue weighted by molar-refractivity contribution is -0.385. The normalized spacial score (nSPS) is 15.8. The van der Waals surface area contributed by atoms with Crippen LogP contribution in [0.4, 0.5) is 5.69 Å². The van der Waals surface area contributed by atoms with E-state index >= 15 is 0 Å². The van der Waals surface area contributed by atoms with Gasteiger partial charge in [0.25, 0.3) is 0 Å². The molecule has 9 nitrogen and oxygen atoms in total. The van der Waals surface area contributed by atoms with Crippen molar-refractivity contribution in [3.8, 4) is 0 Å². The Morgan fingerprint density at radius 2 is 2.24 bits per heavy atom. The maximum Gasteiger partial charge on any atom is 0.307 e. The largest absolute Gasteiger partial charge is 0.379 e. The number of hydrogen-bond acceptors (Lipinski definition) is 6. The number of aromatic nitrogens is 2. The average molecular weight is 297 g/mol. The predicted octanol–water partition coefficient (Wildman–Crippen LogP) is -0.370. The van der Waals surface area contributed by atoms with Crippen LogP contribution in [0.15, 0.2) is 12.4 Å². The van der Waals surface area contributed by atoms with Gasteiger partial charge in [-0.2, -0.15) is 5.10 Å². The minimum Gasteiger partial charge on any atom is -0.379 e. The van der Waals surface area contributed by atoms with Gasteiger partial charge in [-0.25, -0.2) is 0 Å². The molecule has 0 bridgehead atoms. The minimum absolute atomic E-state index is 0.00854. The van der Waals surface area contributed by atoms with Gasteiger partial charge in [0.15, 0.2) is 0 Å². The highest BCUT2D eigenvalue weighted by atomic mass is 16.6. The van der Waals surface area contributed by atoms with Gasteiger partial charge in [0, 0.05) is 19.6 Å². The molecule has 0 aliphatic carbocycles. The van der Waals surface area contributed by atoms with Gasteiger partial charge in [-0.15, -0.1) is 0 Å². The quantitative estimate of drug-likeness (QED) is 0.418. The second-order valence-electron chi connectivity index (χ2n) is 4.81. The van der Waals surface area contributed by atoms with E-state index < -0.39 is 4.92 Å². The molecule has 1 aliphatic rings. The molecular weight excluding hydrogens is 278 g/mol. The summed E-state index contributed by atoms with van der Waals surface area (Å²) in [5.74, 6) is -0.199. The van der Waals surface area contributed by atoms with Gasteiger partial charge < -0.3 is 10.1 Å². The van der Waals surface area contributed by atoms with E-state index in [0.717, 1.165) is 45.5 Å². The first-order valence-electron chi connectivity index (χ1n) is 6.89. The molecule has 9 heteroatoms. The van der Waals surface area contributed by atoms with Gasteiger partial charge in [0.2, 0.25) is 5.91 Å². The van der Waals surface area contributed by atoms with Gasteiger partial charge in [0.05, 0.1) is 18.1 Å². The summed E-state index contributed by atoms with van der Waals surface area (Å²) in [5.41, 5.74) is -0.116. The molecule has 1 amide bonds. The molecule has 2 heterocycles. The third kappa shape index (κ3) is 5.12. The van der Waals surface area contributed by atoms with Crippen LogP contribution in [0.5, 0.6) is 0 Å². The summed E-state index contributed by atoms with van der Waals surface area (Å²) in [6.07, 6.45) is 3.24. The van der Waals surface area contributed by atoms with Crippen molar-refractivity contribution in [2.24, 2.45) is 0 Å². The summed E-state index contributed by atoms with van der Waals surface area (Å²) in [6.45, 7) is 4.91. The number of nitrogens with one attached hydrogen (secondary N) is 1. The van der Waals surface area contributed by atoms with Crippen molar-refractivity contribution in [1.82, 2.24) is 20.0 Å². The fraction of sp³-hybridized carbons (Fsp3) is 0.667. The van der Waals surface area contributed by atoms with Crippen LogP contribution in [-0.4, -0.2) is 64.9 Å². The third-order valence-electron chi connectivity index (χ3n) is 3.21. The van der Waals surface area contributed by atoms with Crippen molar-refractivity contribution < 1.29 is 14.5 Å². The topological polar surface area (TPSA) is 103 Å². The highest BCUT2D eigenvalue weighted by Crippen LogP contribution is 2.07. The van der Waals surface area contributed by atoms with Crippen molar-refractivity contribution in [2.45, 2.75) is 13.0 Å². The highest BCUT2D eigenvalue weighted by Gasteiger charge is 2.12. The molecule has 0 saturated carbocycles. The first kappa shape index (κ1) is 15.4. The highest BCUT2D eigenvalue weighted by molar-refractivity contribution is 5.75. The molecule has 2 rings (SSSR count). The van der Waals surface area contributed by atoms with E-state index in [0.29, 0.717) is 6.54 Å². The zero-order chi connectivity index (χ0) is 15.1. The molecule has 1 saturated heterocycles. The number of hydrogen-bond donors (Lipinski definition) is 1. The summed E-state index contributed by atoms with van der Waals surface area (Å²) >= 11 is 0. The first-order valence-corrected chi connectivity index (χ1v) is 6.89. The van der Waals surface area contributed by atoms with Crippen LogP contribution >= 0.6 is 0 Å². The maximum atomic E-state index is 11.7. The van der Waals surface area contributed by atoms with Crippen LogP contribution in [0, 0.1) is 10.1 Å². The second kappa shape index (κ2) is 7.70. The van der Waals surface area contributed by atoms with Crippen LogP contribution in [-0.2, 0) is 16.1 Å². The lowest BCUT2D eigenvalue weighted by atomic mass is 10.3. The number of carbonyl (C=O) groups excluding carboxylic acids is 1. The molecule has 1 aromatic rings. The molecule has 1 N–H and O–H groups in total. The SMILES string of the molecule is O=C(Cn1cc([N+](=O)[O-])cn1)NCCCN1CCOCC1. The maximum absolute atomic E-state index is 11.7. The zero-order valence-corrected chi connectivity index (χ0v) is 11.7. The Bertz CT molecular complexity index is 484. The predicted molar refractivity (Wildman–Crippen MR) is 73.8 cm³/mol. The van der Waals surface area contributed by atoms with Crippen molar-refractivity contribution >= 4 is 11.6 Å². The molecule has 1 aliphatic heterocycles. The fourth-order valence-electron chi connectivity index (χ4n) is 2.09. The van der Waals surface area contributed by atoms with Crippen molar-refractivity contribution in [3.63, 3.8) is 0 Å². The fourth-order valence-corrected chi connectivity index (χ4v) is 2.09. The molecule has 0 atom stereocenters. The van der Waals surface area contributed by atoms with Gasteiger partial charge in [0.1, 0.15) is 18.9 Å². The Morgan fingerprint density at radius 3 is 2.90 bits per heavy atom. The molecule has 0 radical (unpaired) electrons. The van der Waals surface area contributed by atoms with Gasteiger partial charge in [-0.1, -0.05) is 0 Å². The third-order valence-corrected chi connectivity index (χ3v) is 3.21. The van der Waals surface area contributed by atoms with E-state index in [1.807, 2.05) is 0 Å². The van der Waals surface area contributed by atoms with Gasteiger partial charge in [-0.05, 0) is 13.0 Å². The molecule has 0 spiro atoms. The number of rotatable bonds is 7. The van der Waals surface area contributed by atoms with E-state index in [4.69, 9.17) is 4.74 Å². The number of nitro groups is 1. The number of morpholine rings is 1. The Morgan fingerprint density at radius 1 is 1.48 bits per heavy atom. The van der Waals surface area contributed by atoms with E-state index in [2.05, 4.69) is 15.3 Å². The number of amides is 1. The lowest BCUT2D eigenvalue weighted by Crippen LogP contribution is -2.38. The Labute approximate surface area is 122 Å². The molecule has 1 fully saturated rings. The van der Waals surface area contributed by atoms with E-state index in [1.54, 1.807) is 0 Å². The Hall–Kier alpha value is -2.00. The van der Waals surface area contributed by atoms with Gasteiger partial charge in [-0.3, -0.25) is 24.5 Å². The van der Waals surface area contributed by atoms with Crippen LogP contribution in [0.3, 0.4) is 0 Å². The van der Waals surface area contributed by atoms with Gasteiger partial charge >= 0.3 is 5.69 Å². The van der Waals surface area contributed by atoms with Crippen LogP contribution in [0.25, 0.3) is 0 Å². The minimum atomic E-state index is -0.538.